The van der Waals surface area contributed by atoms with Gasteiger partial charge in [-0.2, -0.15) is 0 Å². The van der Waals surface area contributed by atoms with Crippen LogP contribution in [0.4, 0.5) is 0 Å². The molecule has 0 spiro atoms. The van der Waals surface area contributed by atoms with Crippen molar-refractivity contribution in [3.63, 3.8) is 0 Å². The van der Waals surface area contributed by atoms with Crippen molar-refractivity contribution >= 4 is 23.6 Å². The normalized spacial score (nSPS) is 18.1. The molecule has 0 fully saturated rings. The van der Waals surface area contributed by atoms with Crippen LogP contribution in [-0.2, 0) is 14.2 Å². The smallest absolute Gasteiger partial charge is 0.209 e. The molecule has 0 aliphatic carbocycles. The standard InChI is InChI=1S/C30H34N2O2S/c1-22(2)27-29(34-4)31-26(28(32-27)33-3)20-21-35-30(23-14-8-5-9-15-23,24-16-10-6-11-17-24)25-18-12-7-13-19-25/h5-19,22,26-27H,20-21H2,1-4H3/t26-,27+/m0/s1. The maximum Gasteiger partial charge on any atom is 0.209 e. The number of methoxy groups -OCH3 is 2. The lowest BCUT2D eigenvalue weighted by Gasteiger charge is -2.36. The van der Waals surface area contributed by atoms with Crippen molar-refractivity contribution in [2.45, 2.75) is 37.1 Å². The average Bonchev–Trinajstić information content (AvgIpc) is 2.92. The van der Waals surface area contributed by atoms with E-state index in [0.717, 1.165) is 12.2 Å². The number of ether oxygens (including phenoxy) is 2. The van der Waals surface area contributed by atoms with Crippen LogP contribution in [0, 0.1) is 5.92 Å². The van der Waals surface area contributed by atoms with Gasteiger partial charge in [-0.1, -0.05) is 105 Å². The van der Waals surface area contributed by atoms with Crippen molar-refractivity contribution in [2.75, 3.05) is 20.0 Å². The topological polar surface area (TPSA) is 43.2 Å². The van der Waals surface area contributed by atoms with E-state index in [0.29, 0.717) is 11.8 Å². The Balaban J connectivity index is 1.69. The highest BCUT2D eigenvalue weighted by atomic mass is 32.2. The van der Waals surface area contributed by atoms with E-state index in [9.17, 15) is 0 Å². The number of rotatable bonds is 8. The highest BCUT2D eigenvalue weighted by Crippen LogP contribution is 2.48. The second-order valence-electron chi connectivity index (χ2n) is 8.96. The molecule has 0 amide bonds. The molecule has 0 radical (unpaired) electrons. The predicted octanol–water partition coefficient (Wildman–Crippen LogP) is 6.60. The summed E-state index contributed by atoms with van der Waals surface area (Å²) in [5.74, 6) is 2.53. The fourth-order valence-electron chi connectivity index (χ4n) is 4.64. The first-order valence-corrected chi connectivity index (χ1v) is 13.1. The molecule has 4 nitrogen and oxygen atoms in total. The minimum Gasteiger partial charge on any atom is -0.483 e. The van der Waals surface area contributed by atoms with Gasteiger partial charge in [0.05, 0.1) is 19.0 Å². The van der Waals surface area contributed by atoms with Crippen LogP contribution in [0.5, 0.6) is 0 Å². The maximum absolute atomic E-state index is 5.69. The van der Waals surface area contributed by atoms with Crippen LogP contribution >= 0.6 is 11.8 Å². The fourth-order valence-corrected chi connectivity index (χ4v) is 6.20. The number of hydrogen-bond acceptors (Lipinski definition) is 5. The number of nitrogens with zero attached hydrogens (tertiary/aromatic N) is 2. The molecule has 1 aliphatic rings. The maximum atomic E-state index is 5.69. The van der Waals surface area contributed by atoms with Crippen LogP contribution in [0.25, 0.3) is 0 Å². The molecule has 0 saturated heterocycles. The van der Waals surface area contributed by atoms with Crippen LogP contribution < -0.4 is 0 Å². The largest absolute Gasteiger partial charge is 0.483 e. The van der Waals surface area contributed by atoms with Gasteiger partial charge in [-0.15, -0.1) is 11.8 Å². The highest BCUT2D eigenvalue weighted by Gasteiger charge is 2.38. The van der Waals surface area contributed by atoms with E-state index in [4.69, 9.17) is 19.5 Å². The Morgan fingerprint density at radius 2 is 1.17 bits per heavy atom. The van der Waals surface area contributed by atoms with Crippen molar-refractivity contribution < 1.29 is 9.47 Å². The Kier molecular flexibility index (Phi) is 8.29. The molecule has 1 aliphatic heterocycles. The van der Waals surface area contributed by atoms with Crippen LogP contribution in [0.1, 0.15) is 37.0 Å². The minimum atomic E-state index is -0.350. The molecule has 182 valence electrons. The first kappa shape index (κ1) is 25.1. The van der Waals surface area contributed by atoms with Crippen molar-refractivity contribution in [3.8, 4) is 0 Å². The third-order valence-electron chi connectivity index (χ3n) is 6.39. The van der Waals surface area contributed by atoms with Crippen molar-refractivity contribution in [1.82, 2.24) is 0 Å². The van der Waals surface area contributed by atoms with E-state index in [2.05, 4.69) is 105 Å². The fraction of sp³-hybridized carbons (Fsp3) is 0.333. The summed E-state index contributed by atoms with van der Waals surface area (Å²) in [5, 5.41) is 0. The quantitative estimate of drug-likeness (QED) is 0.337. The van der Waals surface area contributed by atoms with Gasteiger partial charge in [0.2, 0.25) is 11.8 Å². The monoisotopic (exact) mass is 486 g/mol. The summed E-state index contributed by atoms with van der Waals surface area (Å²) >= 11 is 1.93. The molecule has 3 aromatic carbocycles. The molecule has 0 saturated carbocycles. The molecular formula is C30H34N2O2S. The Bertz CT molecular complexity index is 1030. The second-order valence-corrected chi connectivity index (χ2v) is 10.3. The first-order valence-electron chi connectivity index (χ1n) is 12.1. The first-order chi connectivity index (χ1) is 17.1. The van der Waals surface area contributed by atoms with Crippen LogP contribution in [0.2, 0.25) is 0 Å². The molecule has 0 bridgehead atoms. The summed E-state index contributed by atoms with van der Waals surface area (Å²) in [6.45, 7) is 4.25. The molecule has 2 atom stereocenters. The van der Waals surface area contributed by atoms with Crippen molar-refractivity contribution in [1.29, 1.82) is 0 Å². The summed E-state index contributed by atoms with van der Waals surface area (Å²) in [6.07, 6.45) is 0.795. The lowest BCUT2D eigenvalue weighted by Crippen LogP contribution is -2.38. The summed E-state index contributed by atoms with van der Waals surface area (Å²) in [6, 6.07) is 32.0. The van der Waals surface area contributed by atoms with E-state index < -0.39 is 0 Å². The van der Waals surface area contributed by atoms with Crippen LogP contribution in [-0.4, -0.2) is 43.9 Å². The molecule has 0 unspecified atom stereocenters. The molecular weight excluding hydrogens is 452 g/mol. The van der Waals surface area contributed by atoms with E-state index in [1.54, 1.807) is 14.2 Å². The lowest BCUT2D eigenvalue weighted by molar-refractivity contribution is 0.332. The van der Waals surface area contributed by atoms with Gasteiger partial charge < -0.3 is 9.47 Å². The van der Waals surface area contributed by atoms with Gasteiger partial charge in [0.15, 0.2) is 0 Å². The average molecular weight is 487 g/mol. The number of aliphatic imine (C=N–C) groups is 2. The van der Waals surface area contributed by atoms with Gasteiger partial charge in [-0.25, -0.2) is 9.98 Å². The third kappa shape index (κ3) is 5.30. The van der Waals surface area contributed by atoms with Gasteiger partial charge >= 0.3 is 0 Å². The molecule has 3 aromatic rings. The zero-order chi connectivity index (χ0) is 24.7. The second kappa shape index (κ2) is 11.6. The Labute approximate surface area is 213 Å². The summed E-state index contributed by atoms with van der Waals surface area (Å²) in [5.41, 5.74) is 3.77. The van der Waals surface area contributed by atoms with E-state index >= 15 is 0 Å². The van der Waals surface area contributed by atoms with Gasteiger partial charge in [0, 0.05) is 0 Å². The van der Waals surface area contributed by atoms with Gasteiger partial charge in [-0.05, 0) is 34.8 Å². The molecule has 0 N–H and O–H groups in total. The zero-order valence-electron chi connectivity index (χ0n) is 20.9. The predicted molar refractivity (Wildman–Crippen MR) is 148 cm³/mol. The van der Waals surface area contributed by atoms with Crippen LogP contribution in [0.3, 0.4) is 0 Å². The van der Waals surface area contributed by atoms with Gasteiger partial charge in [0.1, 0.15) is 12.1 Å². The van der Waals surface area contributed by atoms with E-state index in [-0.39, 0.29) is 22.7 Å². The van der Waals surface area contributed by atoms with Gasteiger partial charge in [-0.3, -0.25) is 0 Å². The molecule has 1 heterocycles. The number of benzene rings is 3. The third-order valence-corrected chi connectivity index (χ3v) is 7.97. The van der Waals surface area contributed by atoms with Crippen molar-refractivity contribution in [3.05, 3.63) is 108 Å². The summed E-state index contributed by atoms with van der Waals surface area (Å²) < 4.78 is 11.0. The number of hydrogen-bond donors (Lipinski definition) is 0. The Morgan fingerprint density at radius 3 is 1.57 bits per heavy atom. The molecule has 0 aromatic heterocycles. The molecule has 35 heavy (non-hydrogen) atoms. The summed E-state index contributed by atoms with van der Waals surface area (Å²) in [7, 11) is 3.37. The van der Waals surface area contributed by atoms with Gasteiger partial charge in [0.25, 0.3) is 0 Å². The van der Waals surface area contributed by atoms with E-state index in [1.165, 1.54) is 16.7 Å². The zero-order valence-corrected chi connectivity index (χ0v) is 21.7. The molecule has 4 rings (SSSR count). The SMILES string of the molecule is COC1=N[C@H](C(C)C)C(OC)=N[C@H]1CCSC(c1ccccc1)(c1ccccc1)c1ccccc1. The van der Waals surface area contributed by atoms with E-state index in [1.807, 2.05) is 11.8 Å². The Morgan fingerprint density at radius 1 is 0.714 bits per heavy atom. The number of thioether (sulfide) groups is 1. The lowest BCUT2D eigenvalue weighted by atomic mass is 9.84. The summed E-state index contributed by atoms with van der Waals surface area (Å²) in [4.78, 5) is 9.77. The van der Waals surface area contributed by atoms with Crippen molar-refractivity contribution in [2.24, 2.45) is 15.9 Å². The molecule has 5 heteroatoms. The minimum absolute atomic E-state index is 0.101. The van der Waals surface area contributed by atoms with Crippen LogP contribution in [0.15, 0.2) is 101 Å². The highest BCUT2D eigenvalue weighted by molar-refractivity contribution is 8.00. The Hall–Kier alpha value is -3.05.